The van der Waals surface area contributed by atoms with Crippen molar-refractivity contribution in [2.24, 2.45) is 0 Å². The number of methoxy groups -OCH3 is 1. The molecule has 1 atom stereocenters. The van der Waals surface area contributed by atoms with Gasteiger partial charge < -0.3 is 15.2 Å². The van der Waals surface area contributed by atoms with Crippen molar-refractivity contribution < 1.29 is 9.84 Å². The van der Waals surface area contributed by atoms with Gasteiger partial charge >= 0.3 is 0 Å². The number of phenolic OH excluding ortho intramolecular Hbond substituents is 1. The molecule has 0 heterocycles. The third kappa shape index (κ3) is 3.38. The van der Waals surface area contributed by atoms with Gasteiger partial charge in [-0.1, -0.05) is 11.6 Å². The number of rotatable bonds is 4. The molecule has 0 aliphatic carbocycles. The average molecular weight is 357 g/mol. The van der Waals surface area contributed by atoms with E-state index in [1.165, 1.54) is 0 Å². The number of ether oxygens (including phenoxy) is 1. The van der Waals surface area contributed by atoms with Crippen LogP contribution < -0.4 is 10.1 Å². The lowest BCUT2D eigenvalue weighted by molar-refractivity contribution is 0.406. The summed E-state index contributed by atoms with van der Waals surface area (Å²) in [6.45, 7) is 1.97. The number of aromatic hydroxyl groups is 1. The summed E-state index contributed by atoms with van der Waals surface area (Å²) in [6.07, 6.45) is 0. The Bertz CT molecular complexity index is 619. The van der Waals surface area contributed by atoms with E-state index >= 15 is 0 Å². The molecule has 2 aromatic carbocycles. The van der Waals surface area contributed by atoms with E-state index in [2.05, 4.69) is 21.2 Å². The summed E-state index contributed by atoms with van der Waals surface area (Å²) in [4.78, 5) is 0. The molecule has 0 spiro atoms. The van der Waals surface area contributed by atoms with Gasteiger partial charge in [0.1, 0.15) is 11.5 Å². The lowest BCUT2D eigenvalue weighted by atomic mass is 10.1. The molecular weight excluding hydrogens is 342 g/mol. The first-order valence-electron chi connectivity index (χ1n) is 6.09. The van der Waals surface area contributed by atoms with Crippen molar-refractivity contribution in [3.63, 3.8) is 0 Å². The quantitative estimate of drug-likeness (QED) is 0.811. The van der Waals surface area contributed by atoms with E-state index in [0.29, 0.717) is 10.8 Å². The highest BCUT2D eigenvalue weighted by Gasteiger charge is 2.11. The lowest BCUT2D eigenvalue weighted by Gasteiger charge is -2.17. The first kappa shape index (κ1) is 15.0. The Balaban J connectivity index is 2.19. The maximum absolute atomic E-state index is 10.0. The molecule has 0 fully saturated rings. The standard InChI is InChI=1S/C15H15BrClNO2/c1-9(12-5-4-11(20-2)8-15(12)19)18-10-3-6-13(16)14(17)7-10/h3-9,18-19H,1-2H3. The predicted octanol–water partition coefficient (Wildman–Crippen LogP) is 4.99. The Hall–Kier alpha value is -1.39. The second-order valence-electron chi connectivity index (χ2n) is 4.42. The van der Waals surface area contributed by atoms with Crippen molar-refractivity contribution in [3.05, 3.63) is 51.5 Å². The van der Waals surface area contributed by atoms with E-state index in [4.69, 9.17) is 16.3 Å². The fourth-order valence-corrected chi connectivity index (χ4v) is 2.36. The molecule has 3 nitrogen and oxygen atoms in total. The highest BCUT2D eigenvalue weighted by atomic mass is 79.9. The van der Waals surface area contributed by atoms with Gasteiger partial charge in [-0.05, 0) is 53.2 Å². The summed E-state index contributed by atoms with van der Waals surface area (Å²) in [5.74, 6) is 0.831. The Kier molecular flexibility index (Phi) is 4.78. The van der Waals surface area contributed by atoms with Crippen LogP contribution >= 0.6 is 27.5 Å². The van der Waals surface area contributed by atoms with Gasteiger partial charge in [0.15, 0.2) is 0 Å². The fourth-order valence-electron chi connectivity index (χ4n) is 1.93. The van der Waals surface area contributed by atoms with E-state index in [0.717, 1.165) is 15.7 Å². The van der Waals surface area contributed by atoms with Gasteiger partial charge in [0.05, 0.1) is 18.2 Å². The highest BCUT2D eigenvalue weighted by molar-refractivity contribution is 9.10. The van der Waals surface area contributed by atoms with Crippen molar-refractivity contribution in [2.75, 3.05) is 12.4 Å². The van der Waals surface area contributed by atoms with Crippen LogP contribution in [-0.2, 0) is 0 Å². The molecule has 0 bridgehead atoms. The van der Waals surface area contributed by atoms with Gasteiger partial charge in [0.25, 0.3) is 0 Å². The number of anilines is 1. The van der Waals surface area contributed by atoms with Crippen LogP contribution in [0.1, 0.15) is 18.5 Å². The molecule has 2 N–H and O–H groups in total. The van der Waals surface area contributed by atoms with Crippen LogP contribution in [0.4, 0.5) is 5.69 Å². The number of hydrogen-bond donors (Lipinski definition) is 2. The van der Waals surface area contributed by atoms with Gasteiger partial charge in [-0.25, -0.2) is 0 Å². The Morgan fingerprint density at radius 3 is 2.60 bits per heavy atom. The topological polar surface area (TPSA) is 41.5 Å². The first-order valence-corrected chi connectivity index (χ1v) is 7.27. The van der Waals surface area contributed by atoms with Crippen LogP contribution in [0.5, 0.6) is 11.5 Å². The van der Waals surface area contributed by atoms with Crippen LogP contribution in [-0.4, -0.2) is 12.2 Å². The van der Waals surface area contributed by atoms with Crippen molar-refractivity contribution in [2.45, 2.75) is 13.0 Å². The van der Waals surface area contributed by atoms with Crippen LogP contribution in [0, 0.1) is 0 Å². The van der Waals surface area contributed by atoms with E-state index < -0.39 is 0 Å². The van der Waals surface area contributed by atoms with Crippen LogP contribution in [0.25, 0.3) is 0 Å². The summed E-state index contributed by atoms with van der Waals surface area (Å²) in [5.41, 5.74) is 1.69. The second kappa shape index (κ2) is 6.37. The highest BCUT2D eigenvalue weighted by Crippen LogP contribution is 2.32. The van der Waals surface area contributed by atoms with Crippen molar-refractivity contribution >= 4 is 33.2 Å². The van der Waals surface area contributed by atoms with E-state index in [9.17, 15) is 5.11 Å². The molecule has 2 aromatic rings. The van der Waals surface area contributed by atoms with Crippen molar-refractivity contribution in [1.82, 2.24) is 0 Å². The molecule has 106 valence electrons. The monoisotopic (exact) mass is 355 g/mol. The molecule has 5 heteroatoms. The lowest BCUT2D eigenvalue weighted by Crippen LogP contribution is -2.06. The Labute approximate surface area is 131 Å². The summed E-state index contributed by atoms with van der Waals surface area (Å²) >= 11 is 9.42. The maximum atomic E-state index is 10.0. The fraction of sp³-hybridized carbons (Fsp3) is 0.200. The van der Waals surface area contributed by atoms with Crippen LogP contribution in [0.2, 0.25) is 5.02 Å². The van der Waals surface area contributed by atoms with Gasteiger partial charge in [0.2, 0.25) is 0 Å². The molecule has 2 rings (SSSR count). The molecule has 1 unspecified atom stereocenters. The minimum absolute atomic E-state index is 0.0573. The number of hydrogen-bond acceptors (Lipinski definition) is 3. The summed E-state index contributed by atoms with van der Waals surface area (Å²) in [6, 6.07) is 10.8. The molecule has 0 radical (unpaired) electrons. The zero-order valence-corrected chi connectivity index (χ0v) is 13.5. The third-order valence-electron chi connectivity index (χ3n) is 3.01. The second-order valence-corrected chi connectivity index (χ2v) is 5.68. The maximum Gasteiger partial charge on any atom is 0.124 e. The van der Waals surface area contributed by atoms with Gasteiger partial charge in [0, 0.05) is 21.8 Å². The number of halogens is 2. The molecule has 0 aliphatic rings. The zero-order chi connectivity index (χ0) is 14.7. The molecule has 0 aliphatic heterocycles. The van der Waals surface area contributed by atoms with Crippen LogP contribution in [0.3, 0.4) is 0 Å². The SMILES string of the molecule is COc1ccc(C(C)Nc2ccc(Br)c(Cl)c2)c(O)c1. The predicted molar refractivity (Wildman–Crippen MR) is 85.8 cm³/mol. The number of nitrogens with one attached hydrogen (secondary N) is 1. The number of benzene rings is 2. The van der Waals surface area contributed by atoms with E-state index in [-0.39, 0.29) is 11.8 Å². The minimum Gasteiger partial charge on any atom is -0.507 e. The third-order valence-corrected chi connectivity index (χ3v) is 4.24. The zero-order valence-electron chi connectivity index (χ0n) is 11.2. The normalized spacial score (nSPS) is 12.0. The van der Waals surface area contributed by atoms with Gasteiger partial charge in [-0.15, -0.1) is 0 Å². The summed E-state index contributed by atoms with van der Waals surface area (Å²) < 4.78 is 5.93. The van der Waals surface area contributed by atoms with Gasteiger partial charge in [-0.3, -0.25) is 0 Å². The first-order chi connectivity index (χ1) is 9.51. The minimum atomic E-state index is -0.0573. The molecule has 20 heavy (non-hydrogen) atoms. The summed E-state index contributed by atoms with van der Waals surface area (Å²) in [5, 5.41) is 14.0. The molecule has 0 amide bonds. The van der Waals surface area contributed by atoms with Crippen molar-refractivity contribution in [1.29, 1.82) is 0 Å². The Morgan fingerprint density at radius 1 is 1.25 bits per heavy atom. The molecular formula is C15H15BrClNO2. The smallest absolute Gasteiger partial charge is 0.124 e. The number of phenols is 1. The van der Waals surface area contributed by atoms with Gasteiger partial charge in [-0.2, -0.15) is 0 Å². The Morgan fingerprint density at radius 2 is 2.00 bits per heavy atom. The largest absolute Gasteiger partial charge is 0.507 e. The van der Waals surface area contributed by atoms with Crippen molar-refractivity contribution in [3.8, 4) is 11.5 Å². The van der Waals surface area contributed by atoms with E-state index in [1.54, 1.807) is 13.2 Å². The molecule has 0 saturated heterocycles. The molecule has 0 saturated carbocycles. The average Bonchev–Trinajstić information content (AvgIpc) is 2.42. The van der Waals surface area contributed by atoms with Crippen LogP contribution in [0.15, 0.2) is 40.9 Å². The summed E-state index contributed by atoms with van der Waals surface area (Å²) in [7, 11) is 1.57. The van der Waals surface area contributed by atoms with E-state index in [1.807, 2.05) is 37.3 Å². The molecule has 0 aromatic heterocycles.